The quantitative estimate of drug-likeness (QED) is 0.672. The van der Waals surface area contributed by atoms with Gasteiger partial charge in [0.15, 0.2) is 0 Å². The molecule has 0 unspecified atom stereocenters. The molecule has 4 nitrogen and oxygen atoms in total. The Morgan fingerprint density at radius 2 is 2.46 bits per heavy atom. The number of aliphatic carboxylic acids is 1. The summed E-state index contributed by atoms with van der Waals surface area (Å²) in [5, 5.41) is 8.52. The van der Waals surface area contributed by atoms with Gasteiger partial charge in [-0.25, -0.2) is 9.78 Å². The Balaban J connectivity index is 2.22. The Morgan fingerprint density at radius 1 is 1.69 bits per heavy atom. The van der Waals surface area contributed by atoms with Crippen LogP contribution in [-0.2, 0) is 11.2 Å². The molecule has 70 valence electrons. The zero-order chi connectivity index (χ0) is 9.68. The van der Waals surface area contributed by atoms with Crippen molar-refractivity contribution in [1.29, 1.82) is 0 Å². The van der Waals surface area contributed by atoms with E-state index in [1.165, 1.54) is 0 Å². The van der Waals surface area contributed by atoms with Gasteiger partial charge in [0, 0.05) is 24.4 Å². The van der Waals surface area contributed by atoms with Gasteiger partial charge in [0.25, 0.3) is 0 Å². The fraction of sp³-hybridized carbons (Fsp3) is 0.333. The molecule has 0 aliphatic carbocycles. The molecular weight excluding hydrogens is 168 g/mol. The molecule has 13 heavy (non-hydrogen) atoms. The molecule has 0 aromatic carbocycles. The predicted molar refractivity (Wildman–Crippen MR) is 48.3 cm³/mol. The first-order valence-corrected chi connectivity index (χ1v) is 4.09. The van der Waals surface area contributed by atoms with Gasteiger partial charge in [-0.05, 0) is 12.8 Å². The fourth-order valence-corrected chi connectivity index (χ4v) is 1.01. The van der Waals surface area contributed by atoms with Crippen LogP contribution in [0.2, 0.25) is 0 Å². The summed E-state index contributed by atoms with van der Waals surface area (Å²) in [6.45, 7) is 3.44. The third-order valence-electron chi connectivity index (χ3n) is 1.75. The Kier molecular flexibility index (Phi) is 3.25. The molecule has 0 saturated carbocycles. The Labute approximate surface area is 76.3 Å². The van der Waals surface area contributed by atoms with Crippen molar-refractivity contribution in [3.8, 4) is 0 Å². The first-order chi connectivity index (χ1) is 6.20. The minimum absolute atomic E-state index is 0.256. The van der Waals surface area contributed by atoms with Gasteiger partial charge in [0.05, 0.1) is 0 Å². The Hall–Kier alpha value is -1.58. The normalized spacial score (nSPS) is 9.85. The Morgan fingerprint density at radius 3 is 3.00 bits per heavy atom. The number of aromatic amines is 1. The molecule has 0 aliphatic rings. The largest absolute Gasteiger partial charge is 0.478 e. The molecule has 0 bridgehead atoms. The number of nitrogens with one attached hydrogen (secondary N) is 1. The van der Waals surface area contributed by atoms with Gasteiger partial charge in [-0.15, -0.1) is 0 Å². The molecule has 0 radical (unpaired) electrons. The maximum absolute atomic E-state index is 10.4. The minimum atomic E-state index is -0.917. The monoisotopic (exact) mass is 180 g/mol. The maximum atomic E-state index is 10.4. The average Bonchev–Trinajstić information content (AvgIpc) is 2.56. The van der Waals surface area contributed by atoms with Crippen LogP contribution in [0.4, 0.5) is 0 Å². The van der Waals surface area contributed by atoms with Crippen LogP contribution in [0.5, 0.6) is 0 Å². The van der Waals surface area contributed by atoms with Crippen LogP contribution < -0.4 is 0 Å². The molecule has 1 heterocycles. The van der Waals surface area contributed by atoms with E-state index in [1.54, 1.807) is 12.4 Å². The van der Waals surface area contributed by atoms with Gasteiger partial charge in [-0.3, -0.25) is 0 Å². The third kappa shape index (κ3) is 3.11. The zero-order valence-corrected chi connectivity index (χ0v) is 7.29. The number of rotatable bonds is 5. The van der Waals surface area contributed by atoms with Gasteiger partial charge >= 0.3 is 5.97 Å². The zero-order valence-electron chi connectivity index (χ0n) is 7.29. The Bertz CT molecular complexity index is 291. The lowest BCUT2D eigenvalue weighted by molar-refractivity contribution is -0.132. The summed E-state index contributed by atoms with van der Waals surface area (Å²) in [6.07, 6.45) is 5.47. The number of carboxylic acids is 1. The predicted octanol–water partition coefficient (Wildman–Crippen LogP) is 1.37. The number of hydrogen-bond donors (Lipinski definition) is 2. The minimum Gasteiger partial charge on any atom is -0.478 e. The average molecular weight is 180 g/mol. The number of carbonyl (C=O) groups is 1. The lowest BCUT2D eigenvalue weighted by Crippen LogP contribution is -1.99. The van der Waals surface area contributed by atoms with E-state index in [9.17, 15) is 4.79 Å². The van der Waals surface area contributed by atoms with E-state index >= 15 is 0 Å². The molecule has 2 N–H and O–H groups in total. The topological polar surface area (TPSA) is 66.0 Å². The first-order valence-electron chi connectivity index (χ1n) is 4.09. The number of aryl methyl sites for hydroxylation is 1. The lowest BCUT2D eigenvalue weighted by atomic mass is 10.1. The summed E-state index contributed by atoms with van der Waals surface area (Å²) in [4.78, 5) is 17.3. The highest BCUT2D eigenvalue weighted by atomic mass is 16.4. The summed E-state index contributed by atoms with van der Waals surface area (Å²) >= 11 is 0. The second-order valence-electron chi connectivity index (χ2n) is 2.80. The van der Waals surface area contributed by atoms with Crippen molar-refractivity contribution in [3.63, 3.8) is 0 Å². The highest BCUT2D eigenvalue weighted by Gasteiger charge is 2.03. The summed E-state index contributed by atoms with van der Waals surface area (Å²) in [7, 11) is 0. The third-order valence-corrected chi connectivity index (χ3v) is 1.75. The summed E-state index contributed by atoms with van der Waals surface area (Å²) in [6, 6.07) is 0. The van der Waals surface area contributed by atoms with Crippen LogP contribution >= 0.6 is 0 Å². The molecule has 0 fully saturated rings. The molecule has 4 heteroatoms. The van der Waals surface area contributed by atoms with Crippen LogP contribution in [0, 0.1) is 0 Å². The summed E-state index contributed by atoms with van der Waals surface area (Å²) in [5.74, 6) is -0.0300. The smallest absolute Gasteiger partial charge is 0.330 e. The van der Waals surface area contributed by atoms with E-state index in [4.69, 9.17) is 5.11 Å². The number of H-pyrrole nitrogens is 1. The van der Waals surface area contributed by atoms with E-state index in [2.05, 4.69) is 16.5 Å². The molecule has 0 amide bonds. The van der Waals surface area contributed by atoms with Gasteiger partial charge in [-0.2, -0.15) is 0 Å². The number of nitrogens with zero attached hydrogens (tertiary/aromatic N) is 1. The van der Waals surface area contributed by atoms with Crippen LogP contribution in [0.25, 0.3) is 0 Å². The second-order valence-corrected chi connectivity index (χ2v) is 2.80. The van der Waals surface area contributed by atoms with Crippen molar-refractivity contribution in [1.82, 2.24) is 9.97 Å². The summed E-state index contributed by atoms with van der Waals surface area (Å²) < 4.78 is 0. The van der Waals surface area contributed by atoms with Crippen molar-refractivity contribution in [2.24, 2.45) is 0 Å². The van der Waals surface area contributed by atoms with E-state index in [-0.39, 0.29) is 5.57 Å². The van der Waals surface area contributed by atoms with Gasteiger partial charge in [-0.1, -0.05) is 6.58 Å². The van der Waals surface area contributed by atoms with Crippen LogP contribution in [-0.4, -0.2) is 21.0 Å². The number of aromatic nitrogens is 2. The van der Waals surface area contributed by atoms with Gasteiger partial charge < -0.3 is 10.1 Å². The van der Waals surface area contributed by atoms with Crippen molar-refractivity contribution in [2.75, 3.05) is 0 Å². The van der Waals surface area contributed by atoms with Crippen molar-refractivity contribution in [3.05, 3.63) is 30.4 Å². The van der Waals surface area contributed by atoms with E-state index in [1.807, 2.05) is 0 Å². The van der Waals surface area contributed by atoms with Crippen LogP contribution in [0.15, 0.2) is 24.5 Å². The highest BCUT2D eigenvalue weighted by molar-refractivity contribution is 5.85. The lowest BCUT2D eigenvalue weighted by Gasteiger charge is -1.98. The second kappa shape index (κ2) is 4.45. The van der Waals surface area contributed by atoms with Crippen LogP contribution in [0.3, 0.4) is 0 Å². The standard InChI is InChI=1S/C9H12N2O2/c1-7(9(12)13)3-2-4-8-10-5-6-11-8/h5-6H,1-4H2,(H,10,11)(H,12,13). The first kappa shape index (κ1) is 9.51. The maximum Gasteiger partial charge on any atom is 0.330 e. The molecule has 0 saturated heterocycles. The number of carboxylic acid groups (broad SMARTS) is 1. The van der Waals surface area contributed by atoms with E-state index < -0.39 is 5.97 Å². The van der Waals surface area contributed by atoms with Crippen molar-refractivity contribution in [2.45, 2.75) is 19.3 Å². The molecule has 1 aromatic rings. The van der Waals surface area contributed by atoms with E-state index in [0.29, 0.717) is 6.42 Å². The summed E-state index contributed by atoms with van der Waals surface area (Å²) in [5.41, 5.74) is 0.256. The molecule has 0 atom stereocenters. The van der Waals surface area contributed by atoms with Crippen LogP contribution in [0.1, 0.15) is 18.7 Å². The molecule has 0 spiro atoms. The number of imidazole rings is 1. The van der Waals surface area contributed by atoms with Crippen molar-refractivity contribution < 1.29 is 9.90 Å². The molecule has 1 rings (SSSR count). The number of hydrogen-bond acceptors (Lipinski definition) is 2. The molecule has 1 aromatic heterocycles. The molecular formula is C9H12N2O2. The molecule has 0 aliphatic heterocycles. The van der Waals surface area contributed by atoms with Gasteiger partial charge in [0.1, 0.15) is 5.82 Å². The van der Waals surface area contributed by atoms with Crippen molar-refractivity contribution >= 4 is 5.97 Å². The SMILES string of the molecule is C=C(CCCc1ncc[nH]1)C(=O)O. The van der Waals surface area contributed by atoms with Gasteiger partial charge in [0.2, 0.25) is 0 Å². The highest BCUT2D eigenvalue weighted by Crippen LogP contribution is 2.05. The fourth-order valence-electron chi connectivity index (χ4n) is 1.01. The van der Waals surface area contributed by atoms with E-state index in [0.717, 1.165) is 18.7 Å².